The number of methoxy groups -OCH3 is 1. The predicted octanol–water partition coefficient (Wildman–Crippen LogP) is 5.00. The molecule has 1 saturated carbocycles. The van der Waals surface area contributed by atoms with Crippen molar-refractivity contribution >= 4 is 11.9 Å². The summed E-state index contributed by atoms with van der Waals surface area (Å²) in [5.41, 5.74) is 5.93. The van der Waals surface area contributed by atoms with E-state index in [2.05, 4.69) is 12.1 Å². The Labute approximate surface area is 237 Å². The third-order valence-electron chi connectivity index (χ3n) is 7.56. The van der Waals surface area contributed by atoms with Gasteiger partial charge in [0.25, 0.3) is 0 Å². The highest BCUT2D eigenvalue weighted by atomic mass is 16.6. The summed E-state index contributed by atoms with van der Waals surface area (Å²) < 4.78 is 22.0. The lowest BCUT2D eigenvalue weighted by atomic mass is 9.79. The highest BCUT2D eigenvalue weighted by Crippen LogP contribution is 2.35. The van der Waals surface area contributed by atoms with Crippen LogP contribution in [0.1, 0.15) is 61.3 Å². The quantitative estimate of drug-likeness (QED) is 0.352. The molecule has 0 bridgehead atoms. The van der Waals surface area contributed by atoms with E-state index >= 15 is 0 Å². The van der Waals surface area contributed by atoms with Crippen molar-refractivity contribution in [3.8, 4) is 22.6 Å². The lowest BCUT2D eigenvalue weighted by molar-refractivity contribution is -0.163. The summed E-state index contributed by atoms with van der Waals surface area (Å²) in [5.74, 6) is -0.426. The zero-order chi connectivity index (χ0) is 29.4. The van der Waals surface area contributed by atoms with Gasteiger partial charge in [0.05, 0.1) is 25.0 Å². The molecular weight excluding hydrogens is 512 g/mol. The zero-order valence-electron chi connectivity index (χ0n) is 24.6. The van der Waals surface area contributed by atoms with Crippen LogP contribution in [0.4, 0.5) is 0 Å². The van der Waals surface area contributed by atoms with Gasteiger partial charge in [-0.05, 0) is 105 Å². The van der Waals surface area contributed by atoms with E-state index in [4.69, 9.17) is 18.9 Å². The highest BCUT2D eigenvalue weighted by Gasteiger charge is 2.37. The molecule has 2 aromatic rings. The Morgan fingerprint density at radius 1 is 0.750 bits per heavy atom. The molecule has 1 aliphatic carbocycles. The van der Waals surface area contributed by atoms with E-state index < -0.39 is 30.0 Å². The van der Waals surface area contributed by atoms with Crippen LogP contribution in [0.25, 0.3) is 11.1 Å². The predicted molar refractivity (Wildman–Crippen MR) is 153 cm³/mol. The van der Waals surface area contributed by atoms with Crippen molar-refractivity contribution in [3.63, 3.8) is 0 Å². The van der Waals surface area contributed by atoms with Gasteiger partial charge >= 0.3 is 11.9 Å². The molecule has 2 N–H and O–H groups in total. The average Bonchev–Trinajstić information content (AvgIpc) is 2.94. The molecule has 0 aromatic heterocycles. The lowest BCUT2D eigenvalue weighted by Crippen LogP contribution is -2.36. The van der Waals surface area contributed by atoms with Crippen LogP contribution in [0.5, 0.6) is 11.5 Å². The molecule has 1 aliphatic rings. The molecule has 220 valence electrons. The summed E-state index contributed by atoms with van der Waals surface area (Å²) in [6.07, 6.45) is 2.06. The monoisotopic (exact) mass is 556 g/mol. The van der Waals surface area contributed by atoms with Crippen LogP contribution < -0.4 is 9.47 Å². The highest BCUT2D eigenvalue weighted by molar-refractivity contribution is 5.82. The second kappa shape index (κ2) is 14.5. The molecule has 0 radical (unpaired) electrons. The number of rotatable bonds is 12. The summed E-state index contributed by atoms with van der Waals surface area (Å²) in [7, 11) is 1.33. The summed E-state index contributed by atoms with van der Waals surface area (Å²) in [6.45, 7) is 9.86. The molecule has 8 heteroatoms. The van der Waals surface area contributed by atoms with Gasteiger partial charge in [0.1, 0.15) is 37.4 Å². The maximum atomic E-state index is 12.6. The lowest BCUT2D eigenvalue weighted by Gasteiger charge is -2.28. The summed E-state index contributed by atoms with van der Waals surface area (Å²) in [4.78, 5) is 24.7. The minimum atomic E-state index is -1.01. The number of ether oxygens (including phenoxy) is 4. The molecule has 1 fully saturated rings. The third-order valence-corrected chi connectivity index (χ3v) is 7.56. The smallest absolute Gasteiger partial charge is 0.309 e. The van der Waals surface area contributed by atoms with Gasteiger partial charge in [0.15, 0.2) is 0 Å². The number of aliphatic hydroxyl groups is 2. The average molecular weight is 557 g/mol. The van der Waals surface area contributed by atoms with Crippen molar-refractivity contribution < 1.29 is 38.7 Å². The van der Waals surface area contributed by atoms with E-state index in [-0.39, 0.29) is 25.8 Å². The maximum Gasteiger partial charge on any atom is 0.309 e. The molecule has 0 spiro atoms. The van der Waals surface area contributed by atoms with Crippen LogP contribution >= 0.6 is 0 Å². The molecule has 8 nitrogen and oxygen atoms in total. The Kier molecular flexibility index (Phi) is 11.4. The van der Waals surface area contributed by atoms with Gasteiger partial charge in [-0.15, -0.1) is 0 Å². The van der Waals surface area contributed by atoms with Crippen molar-refractivity contribution in [2.75, 3.05) is 26.9 Å². The van der Waals surface area contributed by atoms with E-state index in [0.717, 1.165) is 52.0 Å². The summed E-state index contributed by atoms with van der Waals surface area (Å²) in [5, 5.41) is 20.3. The Morgan fingerprint density at radius 2 is 1.18 bits per heavy atom. The van der Waals surface area contributed by atoms with Gasteiger partial charge in [-0.3, -0.25) is 9.59 Å². The molecular formula is C32H44O8. The fourth-order valence-corrected chi connectivity index (χ4v) is 5.35. The molecule has 0 saturated heterocycles. The van der Waals surface area contributed by atoms with Gasteiger partial charge < -0.3 is 29.2 Å². The van der Waals surface area contributed by atoms with Crippen LogP contribution in [0.2, 0.25) is 0 Å². The van der Waals surface area contributed by atoms with Crippen molar-refractivity contribution in [2.24, 2.45) is 11.8 Å². The molecule has 0 aliphatic heterocycles. The number of hydrogen-bond donors (Lipinski definition) is 2. The van der Waals surface area contributed by atoms with E-state index in [9.17, 15) is 19.8 Å². The minimum Gasteiger partial charge on any atom is -0.490 e. The molecule has 40 heavy (non-hydrogen) atoms. The number of carbonyl (C=O) groups excluding carboxylic acids is 2. The normalized spacial score (nSPS) is 18.5. The molecule has 4 unspecified atom stereocenters. The Bertz CT molecular complexity index is 1130. The van der Waals surface area contributed by atoms with Crippen molar-refractivity contribution in [3.05, 3.63) is 46.5 Å². The van der Waals surface area contributed by atoms with E-state index in [1.807, 2.05) is 46.8 Å². The van der Waals surface area contributed by atoms with Gasteiger partial charge in [-0.1, -0.05) is 19.8 Å². The second-order valence-corrected chi connectivity index (χ2v) is 10.9. The number of hydrogen-bond acceptors (Lipinski definition) is 8. The van der Waals surface area contributed by atoms with Gasteiger partial charge in [-0.2, -0.15) is 0 Å². The molecule has 2 aromatic carbocycles. The fourth-order valence-electron chi connectivity index (χ4n) is 5.35. The van der Waals surface area contributed by atoms with Crippen LogP contribution in [-0.4, -0.2) is 61.3 Å². The first-order valence-corrected chi connectivity index (χ1v) is 14.1. The zero-order valence-corrected chi connectivity index (χ0v) is 24.6. The number of esters is 2. The van der Waals surface area contributed by atoms with E-state index in [0.29, 0.717) is 25.0 Å². The van der Waals surface area contributed by atoms with Crippen LogP contribution in [0.3, 0.4) is 0 Å². The third kappa shape index (κ3) is 7.98. The van der Waals surface area contributed by atoms with E-state index in [1.165, 1.54) is 7.11 Å². The number of benzene rings is 2. The van der Waals surface area contributed by atoms with Gasteiger partial charge in [0, 0.05) is 0 Å². The Balaban J connectivity index is 1.60. The molecule has 0 heterocycles. The first-order valence-electron chi connectivity index (χ1n) is 14.1. The standard InChI is InChI=1S/C32H44O8/c1-7-25(33)16-38-29-19(2)12-23(13-20(29)3)24-14-21(4)30(22(5)15-24)39-17-26(34)18-40-32(36)28-11-9-8-10-27(28)31(35)37-6/h12-15,25-28,33-34H,7-11,16-18H2,1-6H3. The summed E-state index contributed by atoms with van der Waals surface area (Å²) in [6, 6.07) is 8.23. The first kappa shape index (κ1) is 31.4. The summed E-state index contributed by atoms with van der Waals surface area (Å²) >= 11 is 0. The van der Waals surface area contributed by atoms with Crippen molar-refractivity contribution in [1.29, 1.82) is 0 Å². The van der Waals surface area contributed by atoms with Crippen molar-refractivity contribution in [1.82, 2.24) is 0 Å². The molecule has 0 amide bonds. The molecule has 3 rings (SSSR count). The number of aryl methyl sites for hydroxylation is 4. The minimum absolute atomic E-state index is 0.0345. The van der Waals surface area contributed by atoms with Crippen LogP contribution in [0, 0.1) is 39.5 Å². The van der Waals surface area contributed by atoms with Gasteiger partial charge in [-0.25, -0.2) is 0 Å². The SMILES string of the molecule is CCC(O)COc1c(C)cc(-c2cc(C)c(OCC(O)COC(=O)C3CCCCC3C(=O)OC)c(C)c2)cc1C. The largest absolute Gasteiger partial charge is 0.490 e. The van der Waals surface area contributed by atoms with Crippen LogP contribution in [-0.2, 0) is 19.1 Å². The molecule has 4 atom stereocenters. The maximum absolute atomic E-state index is 12.6. The topological polar surface area (TPSA) is 112 Å². The second-order valence-electron chi connectivity index (χ2n) is 10.9. The van der Waals surface area contributed by atoms with Crippen LogP contribution in [0.15, 0.2) is 24.3 Å². The van der Waals surface area contributed by atoms with E-state index in [1.54, 1.807) is 0 Å². The number of carbonyl (C=O) groups is 2. The number of aliphatic hydroxyl groups excluding tert-OH is 2. The Morgan fingerprint density at radius 3 is 1.60 bits per heavy atom. The van der Waals surface area contributed by atoms with Gasteiger partial charge in [0.2, 0.25) is 0 Å². The fraction of sp³-hybridized carbons (Fsp3) is 0.562. The van der Waals surface area contributed by atoms with Crippen molar-refractivity contribution in [2.45, 2.75) is 78.9 Å². The first-order chi connectivity index (χ1) is 19.0. The Hall–Kier alpha value is -3.10.